The number of hydrogen-bond acceptors (Lipinski definition) is 5. The first-order chi connectivity index (χ1) is 15.1. The van der Waals surface area contributed by atoms with E-state index in [-0.39, 0.29) is 31.2 Å². The van der Waals surface area contributed by atoms with Crippen LogP contribution in [0.25, 0.3) is 0 Å². The van der Waals surface area contributed by atoms with Gasteiger partial charge in [-0.2, -0.15) is 0 Å². The molecule has 2 fully saturated rings. The van der Waals surface area contributed by atoms with E-state index in [1.165, 1.54) is 4.90 Å². The largest absolute Gasteiger partial charge is 0.481 e. The summed E-state index contributed by atoms with van der Waals surface area (Å²) in [6.07, 6.45) is 2.13. The number of nitrogens with zero attached hydrogens (tertiary/aromatic N) is 2. The summed E-state index contributed by atoms with van der Waals surface area (Å²) in [5, 5.41) is 11.7. The molecule has 9 nitrogen and oxygen atoms in total. The number of carbonyl (C=O) groups excluding carboxylic acids is 3. The highest BCUT2D eigenvalue weighted by atomic mass is 19.3. The Morgan fingerprint density at radius 1 is 1.21 bits per heavy atom. The summed E-state index contributed by atoms with van der Waals surface area (Å²) >= 11 is 0. The van der Waals surface area contributed by atoms with Gasteiger partial charge in [-0.25, -0.2) is 13.6 Å². The van der Waals surface area contributed by atoms with Gasteiger partial charge in [-0.1, -0.05) is 0 Å². The zero-order chi connectivity index (χ0) is 25.4. The number of ether oxygens (including phenoxy) is 1. The van der Waals surface area contributed by atoms with E-state index in [0.29, 0.717) is 25.7 Å². The maximum Gasteiger partial charge on any atom is 0.408 e. The number of carboxylic acid groups (broad SMARTS) is 1. The lowest BCUT2D eigenvalue weighted by molar-refractivity contribution is -0.143. The molecule has 0 bridgehead atoms. The highest BCUT2D eigenvalue weighted by Crippen LogP contribution is 2.33. The fourth-order valence-corrected chi connectivity index (χ4v) is 3.79. The van der Waals surface area contributed by atoms with Crippen LogP contribution in [-0.2, 0) is 19.1 Å². The van der Waals surface area contributed by atoms with E-state index in [1.807, 2.05) is 0 Å². The van der Waals surface area contributed by atoms with E-state index in [2.05, 4.69) is 5.32 Å². The minimum absolute atomic E-state index is 0.0441. The highest BCUT2D eigenvalue weighted by molar-refractivity contribution is 5.86. The zero-order valence-corrected chi connectivity index (χ0v) is 20.1. The van der Waals surface area contributed by atoms with Gasteiger partial charge in [0.15, 0.2) is 0 Å². The monoisotopic (exact) mass is 477 g/mol. The van der Waals surface area contributed by atoms with Crippen LogP contribution in [0.15, 0.2) is 0 Å². The molecule has 33 heavy (non-hydrogen) atoms. The topological polar surface area (TPSA) is 116 Å². The molecule has 0 aromatic carbocycles. The molecule has 11 heteroatoms. The lowest BCUT2D eigenvalue weighted by Gasteiger charge is -2.31. The van der Waals surface area contributed by atoms with Crippen LogP contribution in [0.2, 0.25) is 0 Å². The van der Waals surface area contributed by atoms with Crippen LogP contribution in [0, 0.1) is 11.8 Å². The van der Waals surface area contributed by atoms with Gasteiger partial charge in [0.2, 0.25) is 12.3 Å². The summed E-state index contributed by atoms with van der Waals surface area (Å²) in [6.45, 7) is 4.38. The second kappa shape index (κ2) is 12.1. The van der Waals surface area contributed by atoms with E-state index in [4.69, 9.17) is 9.84 Å². The molecule has 2 aliphatic rings. The van der Waals surface area contributed by atoms with Crippen LogP contribution in [-0.4, -0.2) is 84.0 Å². The number of likely N-dealkylation sites (tertiary alicyclic amines) is 1. The first-order valence-corrected chi connectivity index (χ1v) is 11.1. The van der Waals surface area contributed by atoms with Gasteiger partial charge >= 0.3 is 12.1 Å². The summed E-state index contributed by atoms with van der Waals surface area (Å²) < 4.78 is 32.3. The number of alkyl carbamates (subject to hydrolysis) is 1. The molecule has 0 unspecified atom stereocenters. The fraction of sp³-hybridized carbons (Fsp3) is 0.818. The number of hydrogen-bond donors (Lipinski definition) is 2. The third-order valence-corrected chi connectivity index (χ3v) is 5.45. The maximum atomic E-state index is 13.5. The number of carbonyl (C=O) groups is 4. The van der Waals surface area contributed by atoms with Crippen molar-refractivity contribution in [2.24, 2.45) is 11.8 Å². The highest BCUT2D eigenvalue weighted by Gasteiger charge is 2.43. The quantitative estimate of drug-likeness (QED) is 0.569. The standard InChI is InChI=1S/C19H30F2N2O5.C3H7NO/c1-18(2,3)28-17(27)22-14(15(24)23-9-8-19(20,21)11-23)10-12-4-6-13(7-5-12)16(25)26;1-4(2)3-5/h12-14H,4-11H2,1-3H3,(H,22,27)(H,25,26);3H,1-2H3/t12?,13?,14-;/m0./s1. The van der Waals surface area contributed by atoms with E-state index < -0.39 is 42.1 Å². The van der Waals surface area contributed by atoms with Crippen LogP contribution in [0.3, 0.4) is 0 Å². The molecular formula is C22H37F2N3O6. The predicted octanol–water partition coefficient (Wildman–Crippen LogP) is 2.73. The zero-order valence-electron chi connectivity index (χ0n) is 20.1. The molecule has 2 rings (SSSR count). The van der Waals surface area contributed by atoms with Crippen molar-refractivity contribution in [3.05, 3.63) is 0 Å². The fourth-order valence-electron chi connectivity index (χ4n) is 3.79. The van der Waals surface area contributed by atoms with Gasteiger partial charge in [-0.3, -0.25) is 14.4 Å². The maximum absolute atomic E-state index is 13.5. The van der Waals surface area contributed by atoms with Gasteiger partial charge in [-0.15, -0.1) is 0 Å². The Morgan fingerprint density at radius 2 is 1.76 bits per heavy atom. The minimum Gasteiger partial charge on any atom is -0.481 e. The average molecular weight is 478 g/mol. The second-order valence-corrected chi connectivity index (χ2v) is 9.93. The molecule has 1 aliphatic carbocycles. The Labute approximate surface area is 193 Å². The summed E-state index contributed by atoms with van der Waals surface area (Å²) in [4.78, 5) is 48.0. The summed E-state index contributed by atoms with van der Waals surface area (Å²) in [7, 11) is 3.38. The van der Waals surface area contributed by atoms with E-state index in [1.54, 1.807) is 34.9 Å². The van der Waals surface area contributed by atoms with Crippen LogP contribution in [0.5, 0.6) is 0 Å². The predicted molar refractivity (Wildman–Crippen MR) is 117 cm³/mol. The minimum atomic E-state index is -2.91. The Hall–Kier alpha value is -2.46. The molecule has 1 saturated carbocycles. The first-order valence-electron chi connectivity index (χ1n) is 11.1. The van der Waals surface area contributed by atoms with Crippen molar-refractivity contribution in [1.29, 1.82) is 0 Å². The smallest absolute Gasteiger partial charge is 0.408 e. The Kier molecular flexibility index (Phi) is 10.5. The molecule has 1 atom stereocenters. The van der Waals surface area contributed by atoms with Crippen LogP contribution in [0.4, 0.5) is 13.6 Å². The van der Waals surface area contributed by atoms with Crippen molar-refractivity contribution >= 4 is 24.4 Å². The molecule has 0 aromatic heterocycles. The first kappa shape index (κ1) is 28.6. The second-order valence-electron chi connectivity index (χ2n) is 9.93. The molecule has 0 spiro atoms. The lowest BCUT2D eigenvalue weighted by Crippen LogP contribution is -2.50. The van der Waals surface area contributed by atoms with Crippen LogP contribution in [0.1, 0.15) is 59.3 Å². The molecule has 1 heterocycles. The molecule has 1 aliphatic heterocycles. The normalized spacial score (nSPS) is 22.9. The number of alkyl halides is 2. The number of halogens is 2. The van der Waals surface area contributed by atoms with Crippen molar-refractivity contribution < 1.29 is 37.8 Å². The van der Waals surface area contributed by atoms with E-state index in [9.17, 15) is 28.0 Å². The van der Waals surface area contributed by atoms with Gasteiger partial charge < -0.3 is 25.0 Å². The third kappa shape index (κ3) is 10.8. The number of aliphatic carboxylic acids is 1. The number of nitrogens with one attached hydrogen (secondary N) is 1. The van der Waals surface area contributed by atoms with E-state index >= 15 is 0 Å². The third-order valence-electron chi connectivity index (χ3n) is 5.45. The van der Waals surface area contributed by atoms with Crippen molar-refractivity contribution in [3.63, 3.8) is 0 Å². The lowest BCUT2D eigenvalue weighted by atomic mass is 9.79. The van der Waals surface area contributed by atoms with Crippen molar-refractivity contribution in [3.8, 4) is 0 Å². The molecule has 1 saturated heterocycles. The van der Waals surface area contributed by atoms with Gasteiger partial charge in [0, 0.05) is 27.1 Å². The van der Waals surface area contributed by atoms with Gasteiger partial charge in [-0.05, 0) is 58.8 Å². The Balaban J connectivity index is 0.000000981. The van der Waals surface area contributed by atoms with Crippen LogP contribution < -0.4 is 5.32 Å². The van der Waals surface area contributed by atoms with Gasteiger partial charge in [0.05, 0.1) is 12.5 Å². The molecule has 3 amide bonds. The average Bonchev–Trinajstić information content (AvgIpc) is 3.06. The van der Waals surface area contributed by atoms with Crippen molar-refractivity contribution in [1.82, 2.24) is 15.1 Å². The SMILES string of the molecule is CC(C)(C)OC(=O)N[C@@H](CC1CCC(C(=O)O)CC1)C(=O)N1CCC(F)(F)C1.CN(C)C=O. The number of amides is 3. The Bertz CT molecular complexity index is 688. The van der Waals surface area contributed by atoms with Gasteiger partial charge in [0.25, 0.3) is 5.92 Å². The number of rotatable bonds is 6. The molecule has 190 valence electrons. The molecule has 2 N–H and O–H groups in total. The van der Waals surface area contributed by atoms with Crippen molar-refractivity contribution in [2.45, 2.75) is 76.9 Å². The summed E-state index contributed by atoms with van der Waals surface area (Å²) in [5.74, 6) is -4.61. The molecule has 0 aromatic rings. The van der Waals surface area contributed by atoms with Crippen LogP contribution >= 0.6 is 0 Å². The van der Waals surface area contributed by atoms with Gasteiger partial charge in [0.1, 0.15) is 11.6 Å². The molecular weight excluding hydrogens is 440 g/mol. The Morgan fingerprint density at radius 3 is 2.15 bits per heavy atom. The summed E-state index contributed by atoms with van der Waals surface area (Å²) in [5.41, 5.74) is -0.752. The summed E-state index contributed by atoms with van der Waals surface area (Å²) in [6, 6.07) is -0.963. The van der Waals surface area contributed by atoms with Crippen molar-refractivity contribution in [2.75, 3.05) is 27.2 Å². The number of carboxylic acids is 1. The molecule has 0 radical (unpaired) electrons. The van der Waals surface area contributed by atoms with E-state index in [0.717, 1.165) is 11.3 Å².